The Labute approximate surface area is 88.0 Å². The summed E-state index contributed by atoms with van der Waals surface area (Å²) in [5, 5.41) is 0.539. The van der Waals surface area contributed by atoms with Gasteiger partial charge in [0.2, 0.25) is 3.79 Å². The topological polar surface area (TPSA) is 55.4 Å². The van der Waals surface area contributed by atoms with Crippen LogP contribution in [0.2, 0.25) is 0 Å². The van der Waals surface area contributed by atoms with E-state index in [2.05, 4.69) is 4.74 Å². The van der Waals surface area contributed by atoms with Gasteiger partial charge in [0.25, 0.3) is 0 Å². The van der Waals surface area contributed by atoms with E-state index >= 15 is 0 Å². The molecular weight excluding hydrogens is 252 g/mol. The Morgan fingerprint density at radius 2 is 1.83 bits per heavy atom. The van der Waals surface area contributed by atoms with E-state index in [4.69, 9.17) is 46.4 Å². The Bertz CT molecular complexity index is 189. The molecule has 0 aromatic carbocycles. The van der Waals surface area contributed by atoms with Crippen molar-refractivity contribution in [2.24, 2.45) is 0 Å². The third kappa shape index (κ3) is 8.20. The molecule has 0 fully saturated rings. The van der Waals surface area contributed by atoms with Crippen LogP contribution in [0.4, 0.5) is 9.59 Å². The molecule has 0 rings (SSSR count). The van der Waals surface area contributed by atoms with Gasteiger partial charge in [0, 0.05) is 0 Å². The number of carbonyl (C=O) groups is 2. The van der Waals surface area contributed by atoms with E-state index < -0.39 is 21.9 Å². The summed E-state index contributed by atoms with van der Waals surface area (Å²) >= 11 is 20.4. The second kappa shape index (κ2) is 4.97. The molecule has 0 unspecified atom stereocenters. The number of rotatable bonds is 1. The van der Waals surface area contributed by atoms with Gasteiger partial charge in [-0.3, -0.25) is 4.79 Å². The lowest BCUT2D eigenvalue weighted by Gasteiger charge is -2.10. The highest BCUT2D eigenvalue weighted by Gasteiger charge is 2.22. The first-order chi connectivity index (χ1) is 5.31. The first-order valence-corrected chi connectivity index (χ1v) is 4.02. The maximum absolute atomic E-state index is 10.5. The molecule has 0 heterocycles. The van der Waals surface area contributed by atoms with Gasteiger partial charge >= 0.3 is 11.5 Å². The predicted octanol–water partition coefficient (Wildman–Crippen LogP) is 2.44. The van der Waals surface area contributed by atoms with E-state index in [-0.39, 0.29) is 0 Å². The van der Waals surface area contributed by atoms with Gasteiger partial charge < -0.3 is 4.74 Å². The molecular formula is C4H3Cl4NO3. The highest BCUT2D eigenvalue weighted by atomic mass is 35.6. The lowest BCUT2D eigenvalue weighted by atomic mass is 10.8. The number of carbonyl (C=O) groups excluding carboxylic acids is 2. The average molecular weight is 255 g/mol. The lowest BCUT2D eigenvalue weighted by molar-refractivity contribution is 0.151. The monoisotopic (exact) mass is 253 g/mol. The van der Waals surface area contributed by atoms with Gasteiger partial charge in [0.15, 0.2) is 0 Å². The maximum Gasteiger partial charge on any atom is 0.414 e. The first kappa shape index (κ1) is 12.1. The molecule has 0 saturated heterocycles. The van der Waals surface area contributed by atoms with Crippen molar-refractivity contribution in [1.29, 1.82) is 0 Å². The highest BCUT2D eigenvalue weighted by Crippen LogP contribution is 2.25. The number of nitrogens with one attached hydrogen (secondary N) is 1. The lowest BCUT2D eigenvalue weighted by Crippen LogP contribution is -2.29. The Morgan fingerprint density at radius 1 is 1.33 bits per heavy atom. The maximum atomic E-state index is 10.5. The molecule has 0 aliphatic rings. The molecule has 0 radical (unpaired) electrons. The van der Waals surface area contributed by atoms with Crippen LogP contribution < -0.4 is 5.32 Å². The van der Waals surface area contributed by atoms with Crippen LogP contribution in [0, 0.1) is 0 Å². The van der Waals surface area contributed by atoms with Gasteiger partial charge in [-0.2, -0.15) is 0 Å². The minimum Gasteiger partial charge on any atom is -0.445 e. The summed E-state index contributed by atoms with van der Waals surface area (Å²) in [6.45, 7) is -0.465. The van der Waals surface area contributed by atoms with Crippen LogP contribution in [0.3, 0.4) is 0 Å². The smallest absolute Gasteiger partial charge is 0.414 e. The fourth-order valence-electron chi connectivity index (χ4n) is 0.264. The van der Waals surface area contributed by atoms with Crippen LogP contribution in [0.25, 0.3) is 0 Å². The van der Waals surface area contributed by atoms with Crippen LogP contribution in [0.5, 0.6) is 0 Å². The first-order valence-electron chi connectivity index (χ1n) is 2.51. The van der Waals surface area contributed by atoms with E-state index in [0.717, 1.165) is 0 Å². The Balaban J connectivity index is 3.65. The number of amides is 2. The number of halogens is 4. The summed E-state index contributed by atoms with van der Waals surface area (Å²) in [7, 11) is 0. The molecule has 1 N–H and O–H groups in total. The third-order valence-corrected chi connectivity index (χ3v) is 0.989. The van der Waals surface area contributed by atoms with Gasteiger partial charge in [-0.25, -0.2) is 10.1 Å². The van der Waals surface area contributed by atoms with E-state index in [0.29, 0.717) is 0 Å². The van der Waals surface area contributed by atoms with E-state index in [1.54, 1.807) is 5.32 Å². The van der Waals surface area contributed by atoms with Crippen LogP contribution in [-0.4, -0.2) is 21.9 Å². The minimum absolute atomic E-state index is 0.465. The van der Waals surface area contributed by atoms with Crippen molar-refractivity contribution in [3.63, 3.8) is 0 Å². The van der Waals surface area contributed by atoms with Crippen LogP contribution in [-0.2, 0) is 4.74 Å². The van der Waals surface area contributed by atoms with E-state index in [1.165, 1.54) is 0 Å². The molecule has 0 aromatic rings. The summed E-state index contributed by atoms with van der Waals surface area (Å²) in [6, 6.07) is 0. The van der Waals surface area contributed by atoms with Crippen molar-refractivity contribution >= 4 is 57.9 Å². The Morgan fingerprint density at radius 3 is 2.17 bits per heavy atom. The average Bonchev–Trinajstić information content (AvgIpc) is 1.80. The summed E-state index contributed by atoms with van der Waals surface area (Å²) in [6.07, 6.45) is -1.07. The van der Waals surface area contributed by atoms with Crippen molar-refractivity contribution < 1.29 is 14.3 Å². The molecule has 0 bridgehead atoms. The molecule has 0 aliphatic carbocycles. The molecule has 0 aliphatic heterocycles. The molecule has 0 saturated carbocycles. The van der Waals surface area contributed by atoms with Crippen molar-refractivity contribution in [3.8, 4) is 0 Å². The molecule has 0 aromatic heterocycles. The molecule has 12 heavy (non-hydrogen) atoms. The van der Waals surface area contributed by atoms with Gasteiger partial charge in [-0.05, 0) is 11.6 Å². The molecule has 70 valence electrons. The largest absolute Gasteiger partial charge is 0.445 e. The van der Waals surface area contributed by atoms with Crippen LogP contribution in [0.15, 0.2) is 0 Å². The van der Waals surface area contributed by atoms with Crippen molar-refractivity contribution in [2.45, 2.75) is 3.79 Å². The zero-order chi connectivity index (χ0) is 9.78. The van der Waals surface area contributed by atoms with Crippen LogP contribution in [0.1, 0.15) is 0 Å². The molecule has 4 nitrogen and oxygen atoms in total. The number of hydrogen-bond acceptors (Lipinski definition) is 3. The van der Waals surface area contributed by atoms with E-state index in [1.807, 2.05) is 0 Å². The second-order valence-electron chi connectivity index (χ2n) is 1.59. The highest BCUT2D eigenvalue weighted by molar-refractivity contribution is 6.67. The van der Waals surface area contributed by atoms with Crippen molar-refractivity contribution in [2.75, 3.05) is 6.61 Å². The van der Waals surface area contributed by atoms with Gasteiger partial charge in [0.05, 0.1) is 0 Å². The second-order valence-corrected chi connectivity index (χ2v) is 4.45. The van der Waals surface area contributed by atoms with Crippen LogP contribution >= 0.6 is 46.4 Å². The van der Waals surface area contributed by atoms with Crippen molar-refractivity contribution in [3.05, 3.63) is 0 Å². The molecule has 8 heteroatoms. The van der Waals surface area contributed by atoms with E-state index in [9.17, 15) is 9.59 Å². The fourth-order valence-corrected chi connectivity index (χ4v) is 0.505. The number of alkyl halides is 3. The fraction of sp³-hybridized carbons (Fsp3) is 0.500. The number of imide groups is 1. The van der Waals surface area contributed by atoms with Crippen molar-refractivity contribution in [1.82, 2.24) is 5.32 Å². The normalized spacial score (nSPS) is 10.7. The third-order valence-electron chi connectivity index (χ3n) is 0.567. The number of hydrogen-bond donors (Lipinski definition) is 1. The van der Waals surface area contributed by atoms with Gasteiger partial charge in [-0.15, -0.1) is 0 Å². The summed E-state index contributed by atoms with van der Waals surface area (Å²) in [5.41, 5.74) is 0. The zero-order valence-electron chi connectivity index (χ0n) is 5.44. The number of alkyl carbamates (subject to hydrolysis) is 1. The molecule has 2 amide bonds. The predicted molar refractivity (Wildman–Crippen MR) is 46.0 cm³/mol. The molecule has 0 atom stereocenters. The Kier molecular flexibility index (Phi) is 5.01. The van der Waals surface area contributed by atoms with Gasteiger partial charge in [0.1, 0.15) is 6.61 Å². The Hall–Kier alpha value is 0.1000. The molecule has 0 spiro atoms. The summed E-state index contributed by atoms with van der Waals surface area (Å²) in [5.74, 6) is 0. The zero-order valence-corrected chi connectivity index (χ0v) is 8.47. The summed E-state index contributed by atoms with van der Waals surface area (Å²) < 4.78 is 2.56. The van der Waals surface area contributed by atoms with Gasteiger partial charge in [-0.1, -0.05) is 34.8 Å². The number of ether oxygens (including phenoxy) is 1. The standard InChI is InChI=1S/C4H3Cl4NO3/c5-2(10)9-3(11)12-1-4(6,7)8/h1H2,(H,9,10,11). The quantitative estimate of drug-likeness (QED) is 0.444. The summed E-state index contributed by atoms with van der Waals surface area (Å²) in [4.78, 5) is 20.5. The SMILES string of the molecule is O=C(Cl)NC(=O)OCC(Cl)(Cl)Cl. The minimum atomic E-state index is -1.70.